The maximum Gasteiger partial charge on any atom is 0.434 e. The highest BCUT2D eigenvalue weighted by molar-refractivity contribution is 5.70. The molecular formula is C27H25F3N6O2. The smallest absolute Gasteiger partial charge is 0.434 e. The lowest BCUT2D eigenvalue weighted by atomic mass is 10.0. The topological polar surface area (TPSA) is 78.2 Å². The number of methoxy groups -OCH3 is 1. The average Bonchev–Trinajstić information content (AvgIpc) is 3.69. The highest BCUT2D eigenvalue weighted by Gasteiger charge is 2.35. The number of benzene rings is 1. The summed E-state index contributed by atoms with van der Waals surface area (Å²) < 4.78 is 52.0. The van der Waals surface area contributed by atoms with Gasteiger partial charge in [-0.15, -0.1) is 0 Å². The van der Waals surface area contributed by atoms with Gasteiger partial charge >= 0.3 is 6.18 Å². The van der Waals surface area contributed by atoms with Crippen LogP contribution in [-0.2, 0) is 19.8 Å². The molecule has 0 spiro atoms. The Morgan fingerprint density at radius 1 is 1.08 bits per heavy atom. The lowest BCUT2D eigenvalue weighted by Crippen LogP contribution is -2.33. The molecule has 1 aromatic carbocycles. The number of rotatable bonds is 6. The molecule has 8 nitrogen and oxygen atoms in total. The minimum atomic E-state index is -4.49. The largest absolute Gasteiger partial charge is 0.486 e. The second-order valence-electron chi connectivity index (χ2n) is 9.47. The van der Waals surface area contributed by atoms with E-state index in [4.69, 9.17) is 14.5 Å². The molecule has 38 heavy (non-hydrogen) atoms. The first-order valence-corrected chi connectivity index (χ1v) is 12.3. The Morgan fingerprint density at radius 2 is 1.87 bits per heavy atom. The summed E-state index contributed by atoms with van der Waals surface area (Å²) in [5.74, 6) is 3.03. The summed E-state index contributed by atoms with van der Waals surface area (Å²) in [6.07, 6.45) is 2.19. The van der Waals surface area contributed by atoms with Crippen LogP contribution >= 0.6 is 0 Å². The van der Waals surface area contributed by atoms with Crippen LogP contribution in [-0.4, -0.2) is 44.8 Å². The number of ether oxygens (including phenoxy) is 2. The van der Waals surface area contributed by atoms with Crippen LogP contribution in [0.4, 0.5) is 19.0 Å². The molecule has 3 aromatic heterocycles. The molecule has 4 heterocycles. The number of aryl methyl sites for hydroxylation is 1. The zero-order chi connectivity index (χ0) is 26.4. The zero-order valence-corrected chi connectivity index (χ0v) is 20.9. The average molecular weight is 523 g/mol. The molecule has 1 fully saturated rings. The number of aromatic nitrogens is 5. The summed E-state index contributed by atoms with van der Waals surface area (Å²) in [7, 11) is 3.15. The number of alkyl halides is 3. The molecule has 1 saturated carbocycles. The SMILES string of the molecule is COc1nccc(C2CC2)c1-c1ncc2c(n1)N(Cc1ccc(-c3nc(C(F)(F)F)cn3C)cc1)CCO2. The monoisotopic (exact) mass is 522 g/mol. The Labute approximate surface area is 217 Å². The first-order valence-electron chi connectivity index (χ1n) is 12.3. The fraction of sp³-hybridized carbons (Fsp3) is 0.333. The van der Waals surface area contributed by atoms with Gasteiger partial charge in [-0.05, 0) is 36.0 Å². The second-order valence-corrected chi connectivity index (χ2v) is 9.47. The predicted molar refractivity (Wildman–Crippen MR) is 134 cm³/mol. The van der Waals surface area contributed by atoms with Gasteiger partial charge in [0, 0.05) is 31.5 Å². The fourth-order valence-corrected chi connectivity index (χ4v) is 4.76. The molecule has 2 aliphatic rings. The molecule has 196 valence electrons. The number of halogens is 3. The first kappa shape index (κ1) is 24.2. The number of nitrogens with zero attached hydrogens (tertiary/aromatic N) is 6. The lowest BCUT2D eigenvalue weighted by Gasteiger charge is -2.30. The van der Waals surface area contributed by atoms with Crippen LogP contribution in [0.3, 0.4) is 0 Å². The molecule has 0 saturated heterocycles. The molecule has 1 aliphatic carbocycles. The summed E-state index contributed by atoms with van der Waals surface area (Å²) in [6.45, 7) is 1.66. The molecule has 0 N–H and O–H groups in total. The van der Waals surface area contributed by atoms with Crippen molar-refractivity contribution in [3.05, 3.63) is 65.7 Å². The van der Waals surface area contributed by atoms with Crippen molar-refractivity contribution in [3.8, 4) is 34.4 Å². The van der Waals surface area contributed by atoms with E-state index in [1.165, 1.54) is 4.57 Å². The molecule has 0 bridgehead atoms. The van der Waals surface area contributed by atoms with Gasteiger partial charge in [0.05, 0.1) is 25.4 Å². The molecule has 6 rings (SSSR count). The van der Waals surface area contributed by atoms with E-state index >= 15 is 0 Å². The summed E-state index contributed by atoms with van der Waals surface area (Å²) in [5.41, 5.74) is 2.62. The maximum absolute atomic E-state index is 13.1. The molecule has 11 heteroatoms. The standard InChI is InChI=1S/C27H25F3N6O2/c1-35-15-21(27(28,29)30)33-24(35)18-5-3-16(4-6-18)14-36-11-12-38-20-13-32-23(34-25(20)36)22-19(17-7-8-17)9-10-31-26(22)37-2/h3-6,9-10,13,15,17H,7-8,11-12,14H2,1-2H3. The van der Waals surface area contributed by atoms with E-state index in [0.717, 1.165) is 35.7 Å². The molecule has 0 radical (unpaired) electrons. The quantitative estimate of drug-likeness (QED) is 0.343. The van der Waals surface area contributed by atoms with Gasteiger partial charge in [-0.3, -0.25) is 0 Å². The van der Waals surface area contributed by atoms with E-state index in [-0.39, 0.29) is 5.82 Å². The summed E-state index contributed by atoms with van der Waals surface area (Å²) >= 11 is 0. The summed E-state index contributed by atoms with van der Waals surface area (Å²) in [6, 6.07) is 9.36. The van der Waals surface area contributed by atoms with Gasteiger partial charge in [-0.25, -0.2) is 19.9 Å². The highest BCUT2D eigenvalue weighted by atomic mass is 19.4. The van der Waals surface area contributed by atoms with Crippen molar-refractivity contribution < 1.29 is 22.6 Å². The number of anilines is 1. The molecule has 0 amide bonds. The third-order valence-corrected chi connectivity index (χ3v) is 6.79. The van der Waals surface area contributed by atoms with Gasteiger partial charge in [0.1, 0.15) is 12.4 Å². The van der Waals surface area contributed by atoms with E-state index in [9.17, 15) is 13.2 Å². The third kappa shape index (κ3) is 4.52. The van der Waals surface area contributed by atoms with E-state index < -0.39 is 11.9 Å². The van der Waals surface area contributed by atoms with Crippen molar-refractivity contribution in [3.63, 3.8) is 0 Å². The first-order chi connectivity index (χ1) is 18.3. The van der Waals surface area contributed by atoms with Crippen LogP contribution < -0.4 is 14.4 Å². The molecule has 1 aliphatic heterocycles. The van der Waals surface area contributed by atoms with Gasteiger partial charge in [-0.2, -0.15) is 13.2 Å². The van der Waals surface area contributed by atoms with Crippen LogP contribution in [0.15, 0.2) is 48.9 Å². The Hall–Kier alpha value is -4.15. The minimum absolute atomic E-state index is 0.259. The van der Waals surface area contributed by atoms with Crippen LogP contribution in [0.5, 0.6) is 11.6 Å². The van der Waals surface area contributed by atoms with Crippen LogP contribution in [0.25, 0.3) is 22.8 Å². The van der Waals surface area contributed by atoms with E-state index in [0.29, 0.717) is 54.4 Å². The van der Waals surface area contributed by atoms with E-state index in [1.807, 2.05) is 18.2 Å². The molecule has 0 atom stereocenters. The number of fused-ring (bicyclic) bond motifs is 1. The number of hydrogen-bond acceptors (Lipinski definition) is 7. The van der Waals surface area contributed by atoms with Crippen molar-refractivity contribution >= 4 is 5.82 Å². The van der Waals surface area contributed by atoms with Crippen molar-refractivity contribution in [1.29, 1.82) is 0 Å². The van der Waals surface area contributed by atoms with Crippen molar-refractivity contribution in [2.24, 2.45) is 7.05 Å². The fourth-order valence-electron chi connectivity index (χ4n) is 4.76. The van der Waals surface area contributed by atoms with Crippen LogP contribution in [0.2, 0.25) is 0 Å². The van der Waals surface area contributed by atoms with Gasteiger partial charge in [0.2, 0.25) is 5.88 Å². The highest BCUT2D eigenvalue weighted by Crippen LogP contribution is 2.46. The number of pyridine rings is 1. The van der Waals surface area contributed by atoms with Crippen LogP contribution in [0.1, 0.15) is 35.6 Å². The number of hydrogen-bond donors (Lipinski definition) is 0. The second kappa shape index (κ2) is 9.30. The van der Waals surface area contributed by atoms with Crippen molar-refractivity contribution in [2.45, 2.75) is 31.5 Å². The van der Waals surface area contributed by atoms with Crippen molar-refractivity contribution in [2.75, 3.05) is 25.2 Å². The van der Waals surface area contributed by atoms with Gasteiger partial charge in [0.25, 0.3) is 0 Å². The lowest BCUT2D eigenvalue weighted by molar-refractivity contribution is -0.140. The summed E-state index contributed by atoms with van der Waals surface area (Å²) in [4.78, 5) is 19.8. The Kier molecular flexibility index (Phi) is 5.93. The predicted octanol–water partition coefficient (Wildman–Crippen LogP) is 5.24. The normalized spacial score (nSPS) is 15.2. The van der Waals surface area contributed by atoms with Gasteiger partial charge in [-0.1, -0.05) is 24.3 Å². The van der Waals surface area contributed by atoms with Crippen LogP contribution in [0, 0.1) is 0 Å². The molecular weight excluding hydrogens is 497 g/mol. The Balaban J connectivity index is 1.28. The molecule has 0 unspecified atom stereocenters. The Morgan fingerprint density at radius 3 is 2.55 bits per heavy atom. The third-order valence-electron chi connectivity index (χ3n) is 6.79. The zero-order valence-electron chi connectivity index (χ0n) is 20.9. The number of imidazole rings is 1. The van der Waals surface area contributed by atoms with Gasteiger partial charge in [0.15, 0.2) is 23.1 Å². The van der Waals surface area contributed by atoms with E-state index in [1.54, 1.807) is 38.7 Å². The van der Waals surface area contributed by atoms with Crippen molar-refractivity contribution in [1.82, 2.24) is 24.5 Å². The van der Waals surface area contributed by atoms with E-state index in [2.05, 4.69) is 19.9 Å². The Bertz CT molecular complexity index is 1480. The van der Waals surface area contributed by atoms with Gasteiger partial charge < -0.3 is 18.9 Å². The minimum Gasteiger partial charge on any atom is -0.486 e. The summed E-state index contributed by atoms with van der Waals surface area (Å²) in [5, 5.41) is 0. The molecule has 4 aromatic rings. The maximum atomic E-state index is 13.1.